The van der Waals surface area contributed by atoms with Gasteiger partial charge in [0.25, 0.3) is 0 Å². The highest BCUT2D eigenvalue weighted by atomic mass is 16.5. The fourth-order valence-corrected chi connectivity index (χ4v) is 1.15. The van der Waals surface area contributed by atoms with E-state index in [0.29, 0.717) is 6.61 Å². The number of nitrogens with one attached hydrogen (secondary N) is 1. The summed E-state index contributed by atoms with van der Waals surface area (Å²) < 4.78 is 4.79. The maximum Gasteiger partial charge on any atom is 0.332 e. The van der Waals surface area contributed by atoms with Crippen LogP contribution in [0.15, 0.2) is 42.1 Å². The number of rotatable bonds is 4. The van der Waals surface area contributed by atoms with Gasteiger partial charge < -0.3 is 10.1 Å². The molecule has 0 amide bonds. The van der Waals surface area contributed by atoms with Crippen LogP contribution >= 0.6 is 0 Å². The summed E-state index contributed by atoms with van der Waals surface area (Å²) in [4.78, 5) is 11.1. The van der Waals surface area contributed by atoms with Crippen LogP contribution in [0.4, 0.5) is 5.69 Å². The van der Waals surface area contributed by atoms with Gasteiger partial charge in [0.2, 0.25) is 0 Å². The molecular weight excluding hydrogens is 190 g/mol. The number of ether oxygens (including phenoxy) is 1. The third-order valence-electron chi connectivity index (χ3n) is 1.74. The van der Waals surface area contributed by atoms with Gasteiger partial charge in [-0.3, -0.25) is 0 Å². The highest BCUT2D eigenvalue weighted by molar-refractivity contribution is 5.83. The summed E-state index contributed by atoms with van der Waals surface area (Å²) in [5.74, 6) is -0.321. The summed E-state index contributed by atoms with van der Waals surface area (Å²) in [7, 11) is 0. The molecule has 1 aromatic rings. The van der Waals surface area contributed by atoms with Gasteiger partial charge in [0, 0.05) is 17.5 Å². The molecule has 0 bridgehead atoms. The molecule has 0 fully saturated rings. The van der Waals surface area contributed by atoms with E-state index >= 15 is 0 Å². The molecule has 0 radical (unpaired) electrons. The Kier molecular flexibility index (Phi) is 4.41. The number of anilines is 1. The lowest BCUT2D eigenvalue weighted by atomic mass is 10.3. The van der Waals surface area contributed by atoms with Crippen LogP contribution in [0.2, 0.25) is 0 Å². The number of benzene rings is 1. The zero-order valence-electron chi connectivity index (χ0n) is 8.99. The van der Waals surface area contributed by atoms with Gasteiger partial charge in [0.1, 0.15) is 0 Å². The summed E-state index contributed by atoms with van der Waals surface area (Å²) in [6.07, 6.45) is 1.44. The number of carbonyl (C=O) groups is 1. The zero-order valence-corrected chi connectivity index (χ0v) is 8.99. The van der Waals surface area contributed by atoms with Gasteiger partial charge in [-0.2, -0.15) is 0 Å². The van der Waals surface area contributed by atoms with Gasteiger partial charge in [-0.05, 0) is 26.0 Å². The second-order valence-corrected chi connectivity index (χ2v) is 3.07. The highest BCUT2D eigenvalue weighted by Crippen LogP contribution is 2.08. The topological polar surface area (TPSA) is 38.3 Å². The SMILES string of the molecule is CCOC(=O)/C=C(\C)Nc1ccccc1. The van der Waals surface area contributed by atoms with Crippen molar-refractivity contribution in [3.8, 4) is 0 Å². The van der Waals surface area contributed by atoms with Gasteiger partial charge in [0.05, 0.1) is 6.61 Å². The molecule has 1 N–H and O–H groups in total. The van der Waals surface area contributed by atoms with Crippen molar-refractivity contribution in [3.05, 3.63) is 42.1 Å². The quantitative estimate of drug-likeness (QED) is 0.606. The Bertz CT molecular complexity index is 344. The van der Waals surface area contributed by atoms with Crippen LogP contribution in [0.1, 0.15) is 13.8 Å². The molecule has 0 aliphatic heterocycles. The number of esters is 1. The van der Waals surface area contributed by atoms with Crippen LogP contribution in [0.5, 0.6) is 0 Å². The van der Waals surface area contributed by atoms with E-state index in [0.717, 1.165) is 11.4 Å². The molecule has 15 heavy (non-hydrogen) atoms. The van der Waals surface area contributed by atoms with Crippen molar-refractivity contribution in [2.75, 3.05) is 11.9 Å². The molecule has 0 saturated carbocycles. The van der Waals surface area contributed by atoms with Crippen molar-refractivity contribution in [1.82, 2.24) is 0 Å². The maximum absolute atomic E-state index is 11.1. The number of hydrogen-bond donors (Lipinski definition) is 1. The van der Waals surface area contributed by atoms with Gasteiger partial charge >= 0.3 is 5.97 Å². The predicted octanol–water partition coefficient (Wildman–Crippen LogP) is 2.57. The number of carbonyl (C=O) groups excluding carboxylic acids is 1. The Balaban J connectivity index is 2.55. The van der Waals surface area contributed by atoms with Crippen LogP contribution in [0.25, 0.3) is 0 Å². The molecule has 0 aliphatic carbocycles. The first-order valence-electron chi connectivity index (χ1n) is 4.89. The molecule has 1 aromatic carbocycles. The van der Waals surface area contributed by atoms with Crippen molar-refractivity contribution >= 4 is 11.7 Å². The van der Waals surface area contributed by atoms with E-state index in [1.54, 1.807) is 6.92 Å². The molecular formula is C12H15NO2. The Morgan fingerprint density at radius 1 is 1.40 bits per heavy atom. The summed E-state index contributed by atoms with van der Waals surface area (Å²) in [6.45, 7) is 4.00. The molecule has 0 aromatic heterocycles. The third kappa shape index (κ3) is 4.31. The summed E-state index contributed by atoms with van der Waals surface area (Å²) >= 11 is 0. The summed E-state index contributed by atoms with van der Waals surface area (Å²) in [5, 5.41) is 3.09. The number of hydrogen-bond acceptors (Lipinski definition) is 3. The van der Waals surface area contributed by atoms with E-state index in [4.69, 9.17) is 4.74 Å². The number of para-hydroxylation sites is 1. The Morgan fingerprint density at radius 3 is 2.67 bits per heavy atom. The Morgan fingerprint density at radius 2 is 2.07 bits per heavy atom. The van der Waals surface area contributed by atoms with Crippen molar-refractivity contribution in [2.24, 2.45) is 0 Å². The van der Waals surface area contributed by atoms with Crippen molar-refractivity contribution in [3.63, 3.8) is 0 Å². The third-order valence-corrected chi connectivity index (χ3v) is 1.74. The lowest BCUT2D eigenvalue weighted by Crippen LogP contribution is -2.04. The lowest BCUT2D eigenvalue weighted by molar-refractivity contribution is -0.137. The van der Waals surface area contributed by atoms with Crippen LogP contribution in [-0.2, 0) is 9.53 Å². The predicted molar refractivity (Wildman–Crippen MR) is 60.5 cm³/mol. The molecule has 0 aliphatic rings. The van der Waals surface area contributed by atoms with E-state index < -0.39 is 0 Å². The van der Waals surface area contributed by atoms with E-state index in [2.05, 4.69) is 5.32 Å². The number of allylic oxidation sites excluding steroid dienone is 1. The van der Waals surface area contributed by atoms with E-state index in [-0.39, 0.29) is 5.97 Å². The second kappa shape index (κ2) is 5.86. The molecule has 0 saturated heterocycles. The van der Waals surface area contributed by atoms with Crippen LogP contribution in [-0.4, -0.2) is 12.6 Å². The largest absolute Gasteiger partial charge is 0.463 e. The molecule has 1 rings (SSSR count). The fourth-order valence-electron chi connectivity index (χ4n) is 1.15. The molecule has 3 heteroatoms. The minimum atomic E-state index is -0.321. The fraction of sp³-hybridized carbons (Fsp3) is 0.250. The van der Waals surface area contributed by atoms with E-state index in [1.165, 1.54) is 6.08 Å². The molecule has 80 valence electrons. The first-order valence-corrected chi connectivity index (χ1v) is 4.89. The van der Waals surface area contributed by atoms with E-state index in [9.17, 15) is 4.79 Å². The van der Waals surface area contributed by atoms with Crippen molar-refractivity contribution in [1.29, 1.82) is 0 Å². The summed E-state index contributed by atoms with van der Waals surface area (Å²) in [5.41, 5.74) is 1.72. The first kappa shape index (κ1) is 11.3. The van der Waals surface area contributed by atoms with Gasteiger partial charge in [-0.1, -0.05) is 18.2 Å². The molecule has 0 heterocycles. The van der Waals surface area contributed by atoms with Crippen LogP contribution in [0.3, 0.4) is 0 Å². The molecule has 3 nitrogen and oxygen atoms in total. The lowest BCUT2D eigenvalue weighted by Gasteiger charge is -2.05. The monoisotopic (exact) mass is 205 g/mol. The second-order valence-electron chi connectivity index (χ2n) is 3.07. The Hall–Kier alpha value is -1.77. The molecule has 0 spiro atoms. The van der Waals surface area contributed by atoms with Crippen molar-refractivity contribution in [2.45, 2.75) is 13.8 Å². The highest BCUT2D eigenvalue weighted by Gasteiger charge is 1.97. The first-order chi connectivity index (χ1) is 7.22. The standard InChI is InChI=1S/C12H15NO2/c1-3-15-12(14)9-10(2)13-11-7-5-4-6-8-11/h4-9,13H,3H2,1-2H3/b10-9+. The van der Waals surface area contributed by atoms with Crippen LogP contribution in [0, 0.1) is 0 Å². The van der Waals surface area contributed by atoms with Crippen LogP contribution < -0.4 is 5.32 Å². The minimum Gasteiger partial charge on any atom is -0.463 e. The molecule has 0 atom stereocenters. The Labute approximate surface area is 89.8 Å². The van der Waals surface area contributed by atoms with Gasteiger partial charge in [-0.15, -0.1) is 0 Å². The molecule has 0 unspecified atom stereocenters. The van der Waals surface area contributed by atoms with Crippen molar-refractivity contribution < 1.29 is 9.53 Å². The smallest absolute Gasteiger partial charge is 0.332 e. The normalized spacial score (nSPS) is 10.9. The minimum absolute atomic E-state index is 0.321. The zero-order chi connectivity index (χ0) is 11.1. The average molecular weight is 205 g/mol. The van der Waals surface area contributed by atoms with Gasteiger partial charge in [0.15, 0.2) is 0 Å². The average Bonchev–Trinajstić information content (AvgIpc) is 2.19. The van der Waals surface area contributed by atoms with Gasteiger partial charge in [-0.25, -0.2) is 4.79 Å². The maximum atomic E-state index is 11.1. The van der Waals surface area contributed by atoms with E-state index in [1.807, 2.05) is 37.3 Å². The summed E-state index contributed by atoms with van der Waals surface area (Å²) in [6, 6.07) is 9.67.